The quantitative estimate of drug-likeness (QED) is 0.908. The Balaban J connectivity index is 2.05. The Morgan fingerprint density at radius 3 is 3.22 bits per heavy atom. The third kappa shape index (κ3) is 3.23. The second kappa shape index (κ2) is 6.20. The van der Waals surface area contributed by atoms with Crippen molar-refractivity contribution in [3.05, 3.63) is 11.2 Å². The molecule has 0 aromatic carbocycles. The molecule has 0 spiro atoms. The van der Waals surface area contributed by atoms with Gasteiger partial charge in [-0.05, 0) is 19.3 Å². The summed E-state index contributed by atoms with van der Waals surface area (Å²) < 4.78 is 5.79. The van der Waals surface area contributed by atoms with Gasteiger partial charge in [-0.1, -0.05) is 18.5 Å². The van der Waals surface area contributed by atoms with Crippen molar-refractivity contribution in [1.82, 2.24) is 9.97 Å². The molecule has 5 nitrogen and oxygen atoms in total. The molecule has 1 aromatic rings. The maximum atomic E-state index is 6.12. The van der Waals surface area contributed by atoms with Crippen LogP contribution in [0.15, 0.2) is 6.20 Å². The number of hydrogen-bond acceptors (Lipinski definition) is 5. The lowest BCUT2D eigenvalue weighted by Gasteiger charge is -2.33. The number of hydrogen-bond donors (Lipinski definition) is 1. The molecule has 0 amide bonds. The second-order valence-corrected chi connectivity index (χ2v) is 4.89. The lowest BCUT2D eigenvalue weighted by Crippen LogP contribution is -2.40. The summed E-state index contributed by atoms with van der Waals surface area (Å²) in [6, 6.07) is 0. The number of piperidine rings is 1. The first-order chi connectivity index (χ1) is 8.70. The monoisotopic (exact) mass is 270 g/mol. The van der Waals surface area contributed by atoms with Crippen LogP contribution in [0.1, 0.15) is 26.2 Å². The summed E-state index contributed by atoms with van der Waals surface area (Å²) >= 11 is 6.12. The molecule has 2 N–H and O–H groups in total. The predicted molar refractivity (Wildman–Crippen MR) is 72.9 cm³/mol. The van der Waals surface area contributed by atoms with E-state index in [0.29, 0.717) is 10.8 Å². The SMILES string of the molecule is CCCOC1CCCN(c2nc(N)ncc2Cl)C1. The Kier molecular flexibility index (Phi) is 4.60. The highest BCUT2D eigenvalue weighted by molar-refractivity contribution is 6.32. The maximum absolute atomic E-state index is 6.12. The van der Waals surface area contributed by atoms with Gasteiger partial charge in [-0.25, -0.2) is 4.98 Å². The van der Waals surface area contributed by atoms with E-state index in [9.17, 15) is 0 Å². The van der Waals surface area contributed by atoms with Gasteiger partial charge in [0, 0.05) is 19.7 Å². The van der Waals surface area contributed by atoms with E-state index < -0.39 is 0 Å². The van der Waals surface area contributed by atoms with Gasteiger partial charge in [-0.15, -0.1) is 0 Å². The molecule has 1 unspecified atom stereocenters. The molecule has 1 aliphatic heterocycles. The summed E-state index contributed by atoms with van der Waals surface area (Å²) in [5.74, 6) is 0.972. The molecule has 2 rings (SSSR count). The zero-order chi connectivity index (χ0) is 13.0. The van der Waals surface area contributed by atoms with Crippen molar-refractivity contribution in [2.45, 2.75) is 32.3 Å². The first-order valence-corrected chi connectivity index (χ1v) is 6.73. The number of nitrogens with two attached hydrogens (primary N) is 1. The van der Waals surface area contributed by atoms with Crippen molar-refractivity contribution >= 4 is 23.4 Å². The minimum absolute atomic E-state index is 0.256. The van der Waals surface area contributed by atoms with E-state index in [1.807, 2.05) is 0 Å². The molecule has 0 saturated carbocycles. The van der Waals surface area contributed by atoms with Gasteiger partial charge in [0.15, 0.2) is 5.82 Å². The first kappa shape index (κ1) is 13.4. The fraction of sp³-hybridized carbons (Fsp3) is 0.667. The molecule has 6 heteroatoms. The number of anilines is 2. The van der Waals surface area contributed by atoms with Gasteiger partial charge in [0.2, 0.25) is 5.95 Å². The van der Waals surface area contributed by atoms with E-state index in [1.54, 1.807) is 6.20 Å². The van der Waals surface area contributed by atoms with Crippen LogP contribution in [0, 0.1) is 0 Å². The van der Waals surface area contributed by atoms with Crippen LogP contribution in [-0.4, -0.2) is 35.8 Å². The number of halogens is 1. The van der Waals surface area contributed by atoms with Gasteiger partial charge < -0.3 is 15.4 Å². The predicted octanol–water partition coefficient (Wildman–Crippen LogP) is 2.11. The summed E-state index contributed by atoms with van der Waals surface area (Å²) in [4.78, 5) is 10.2. The van der Waals surface area contributed by atoms with E-state index in [1.165, 1.54) is 0 Å². The van der Waals surface area contributed by atoms with Crippen LogP contribution in [0.3, 0.4) is 0 Å². The minimum atomic E-state index is 0.256. The van der Waals surface area contributed by atoms with Gasteiger partial charge in [-0.3, -0.25) is 0 Å². The Hall–Kier alpha value is -1.07. The van der Waals surface area contributed by atoms with Crippen molar-refractivity contribution < 1.29 is 4.74 Å². The second-order valence-electron chi connectivity index (χ2n) is 4.48. The molecule has 0 aliphatic carbocycles. The minimum Gasteiger partial charge on any atom is -0.376 e. The first-order valence-electron chi connectivity index (χ1n) is 6.35. The van der Waals surface area contributed by atoms with Crippen LogP contribution in [0.25, 0.3) is 0 Å². The Morgan fingerprint density at radius 2 is 2.44 bits per heavy atom. The zero-order valence-corrected chi connectivity index (χ0v) is 11.4. The van der Waals surface area contributed by atoms with Crippen LogP contribution in [0.4, 0.5) is 11.8 Å². The lowest BCUT2D eigenvalue weighted by atomic mass is 10.1. The maximum Gasteiger partial charge on any atom is 0.222 e. The average Bonchev–Trinajstić information content (AvgIpc) is 2.39. The van der Waals surface area contributed by atoms with E-state index in [4.69, 9.17) is 22.1 Å². The smallest absolute Gasteiger partial charge is 0.222 e. The van der Waals surface area contributed by atoms with Gasteiger partial charge in [-0.2, -0.15) is 4.98 Å². The number of aromatic nitrogens is 2. The van der Waals surface area contributed by atoms with E-state index in [-0.39, 0.29) is 12.1 Å². The molecule has 1 aromatic heterocycles. The summed E-state index contributed by atoms with van der Waals surface area (Å²) in [7, 11) is 0. The number of nitrogens with zero attached hydrogens (tertiary/aromatic N) is 3. The molecule has 0 radical (unpaired) electrons. The normalized spacial score (nSPS) is 20.1. The summed E-state index contributed by atoms with van der Waals surface area (Å²) in [5, 5.41) is 0.542. The topological polar surface area (TPSA) is 64.3 Å². The van der Waals surface area contributed by atoms with Crippen molar-refractivity contribution in [2.75, 3.05) is 30.3 Å². The molecular formula is C12H19ClN4O. The Morgan fingerprint density at radius 1 is 1.61 bits per heavy atom. The van der Waals surface area contributed by atoms with E-state index in [0.717, 1.165) is 39.0 Å². The van der Waals surface area contributed by atoms with E-state index in [2.05, 4.69) is 21.8 Å². The van der Waals surface area contributed by atoms with E-state index >= 15 is 0 Å². The molecule has 1 atom stereocenters. The summed E-state index contributed by atoms with van der Waals surface area (Å²) in [6.45, 7) is 4.67. The van der Waals surface area contributed by atoms with Crippen molar-refractivity contribution in [2.24, 2.45) is 0 Å². The Bertz CT molecular complexity index is 402. The van der Waals surface area contributed by atoms with Crippen LogP contribution in [0.2, 0.25) is 5.02 Å². The standard InChI is InChI=1S/C12H19ClN4O/c1-2-6-18-9-4-3-5-17(8-9)11-10(13)7-15-12(14)16-11/h7,9H,2-6,8H2,1H3,(H2,14,15,16). The molecule has 1 aliphatic rings. The number of nitrogen functional groups attached to an aromatic ring is 1. The van der Waals surface area contributed by atoms with Crippen molar-refractivity contribution in [1.29, 1.82) is 0 Å². The number of rotatable bonds is 4. The van der Waals surface area contributed by atoms with Crippen LogP contribution >= 0.6 is 11.6 Å². The lowest BCUT2D eigenvalue weighted by molar-refractivity contribution is 0.0439. The highest BCUT2D eigenvalue weighted by Gasteiger charge is 2.23. The molecule has 100 valence electrons. The fourth-order valence-corrected chi connectivity index (χ4v) is 2.35. The summed E-state index contributed by atoms with van der Waals surface area (Å²) in [6.07, 6.45) is 5.02. The molecule has 2 heterocycles. The highest BCUT2D eigenvalue weighted by Crippen LogP contribution is 2.26. The third-order valence-electron chi connectivity index (χ3n) is 2.98. The van der Waals surface area contributed by atoms with Gasteiger partial charge in [0.05, 0.1) is 12.3 Å². The highest BCUT2D eigenvalue weighted by atomic mass is 35.5. The van der Waals surface area contributed by atoms with Gasteiger partial charge in [0.25, 0.3) is 0 Å². The number of ether oxygens (including phenoxy) is 1. The summed E-state index contributed by atoms with van der Waals surface area (Å²) in [5.41, 5.74) is 5.61. The molecular weight excluding hydrogens is 252 g/mol. The average molecular weight is 271 g/mol. The Labute approximate surface area is 112 Å². The van der Waals surface area contributed by atoms with Crippen molar-refractivity contribution in [3.8, 4) is 0 Å². The molecule has 0 bridgehead atoms. The molecule has 1 saturated heterocycles. The fourth-order valence-electron chi connectivity index (χ4n) is 2.14. The third-order valence-corrected chi connectivity index (χ3v) is 3.25. The molecule has 18 heavy (non-hydrogen) atoms. The van der Waals surface area contributed by atoms with Gasteiger partial charge >= 0.3 is 0 Å². The van der Waals surface area contributed by atoms with Crippen LogP contribution in [-0.2, 0) is 4.74 Å². The van der Waals surface area contributed by atoms with Crippen molar-refractivity contribution in [3.63, 3.8) is 0 Å². The van der Waals surface area contributed by atoms with Crippen LogP contribution < -0.4 is 10.6 Å². The molecule has 1 fully saturated rings. The van der Waals surface area contributed by atoms with Gasteiger partial charge in [0.1, 0.15) is 5.02 Å². The van der Waals surface area contributed by atoms with Crippen LogP contribution in [0.5, 0.6) is 0 Å². The zero-order valence-electron chi connectivity index (χ0n) is 10.6. The largest absolute Gasteiger partial charge is 0.376 e.